The van der Waals surface area contributed by atoms with Crippen molar-refractivity contribution < 1.29 is 13.9 Å². The number of anilines is 1. The average Bonchev–Trinajstić information content (AvgIpc) is 2.36. The Balaban J connectivity index is 2.36. The standard InChI is InChI=1S/C14H13FN2O2/c1-8-2-4-11(15)13(6-8)19-9-3-5-12(16)10(7-9)14(17)18/h2-7H,16H2,1H3,(H2,17,18). The first kappa shape index (κ1) is 12.9. The molecule has 0 aromatic heterocycles. The molecule has 0 fully saturated rings. The van der Waals surface area contributed by atoms with Crippen molar-refractivity contribution in [3.05, 3.63) is 53.3 Å². The highest BCUT2D eigenvalue weighted by molar-refractivity contribution is 5.98. The van der Waals surface area contributed by atoms with Gasteiger partial charge >= 0.3 is 0 Å². The summed E-state index contributed by atoms with van der Waals surface area (Å²) < 4.78 is 18.9. The molecule has 0 aliphatic carbocycles. The predicted molar refractivity (Wildman–Crippen MR) is 70.6 cm³/mol. The summed E-state index contributed by atoms with van der Waals surface area (Å²) >= 11 is 0. The lowest BCUT2D eigenvalue weighted by Gasteiger charge is -2.09. The second-order valence-corrected chi connectivity index (χ2v) is 4.15. The number of benzene rings is 2. The topological polar surface area (TPSA) is 78.3 Å². The lowest BCUT2D eigenvalue weighted by Crippen LogP contribution is -2.13. The first-order chi connectivity index (χ1) is 8.97. The first-order valence-electron chi connectivity index (χ1n) is 5.60. The summed E-state index contributed by atoms with van der Waals surface area (Å²) in [6.45, 7) is 1.82. The number of rotatable bonds is 3. The van der Waals surface area contributed by atoms with Gasteiger partial charge in [0.2, 0.25) is 0 Å². The fraction of sp³-hybridized carbons (Fsp3) is 0.0714. The molecule has 0 aliphatic heterocycles. The summed E-state index contributed by atoms with van der Waals surface area (Å²) in [4.78, 5) is 11.2. The Hall–Kier alpha value is -2.56. The van der Waals surface area contributed by atoms with Gasteiger partial charge in [-0.15, -0.1) is 0 Å². The van der Waals surface area contributed by atoms with Gasteiger partial charge in [-0.25, -0.2) is 4.39 Å². The number of nitrogens with two attached hydrogens (primary N) is 2. The minimum atomic E-state index is -0.660. The van der Waals surface area contributed by atoms with Crippen LogP contribution in [0.25, 0.3) is 0 Å². The molecule has 0 spiro atoms. The van der Waals surface area contributed by atoms with Gasteiger partial charge in [0.25, 0.3) is 5.91 Å². The number of hydrogen-bond donors (Lipinski definition) is 2. The number of hydrogen-bond acceptors (Lipinski definition) is 3. The Bertz CT molecular complexity index is 641. The highest BCUT2D eigenvalue weighted by Crippen LogP contribution is 2.27. The Labute approximate surface area is 109 Å². The van der Waals surface area contributed by atoms with Crippen LogP contribution in [0.1, 0.15) is 15.9 Å². The number of carbonyl (C=O) groups is 1. The van der Waals surface area contributed by atoms with Crippen molar-refractivity contribution in [3.8, 4) is 11.5 Å². The molecule has 0 unspecified atom stereocenters. The van der Waals surface area contributed by atoms with Crippen LogP contribution >= 0.6 is 0 Å². The molecule has 19 heavy (non-hydrogen) atoms. The minimum absolute atomic E-state index is 0.0835. The minimum Gasteiger partial charge on any atom is -0.454 e. The molecule has 0 saturated heterocycles. The van der Waals surface area contributed by atoms with Gasteiger partial charge in [-0.05, 0) is 42.8 Å². The number of ether oxygens (including phenoxy) is 1. The molecule has 0 aliphatic rings. The van der Waals surface area contributed by atoms with Gasteiger partial charge in [-0.3, -0.25) is 4.79 Å². The van der Waals surface area contributed by atoms with Crippen LogP contribution in [0, 0.1) is 12.7 Å². The first-order valence-corrected chi connectivity index (χ1v) is 5.60. The van der Waals surface area contributed by atoms with Crippen molar-refractivity contribution >= 4 is 11.6 Å². The molecule has 0 heterocycles. The summed E-state index contributed by atoms with van der Waals surface area (Å²) in [6.07, 6.45) is 0. The molecule has 2 aromatic carbocycles. The Kier molecular flexibility index (Phi) is 3.37. The maximum Gasteiger partial charge on any atom is 0.250 e. The SMILES string of the molecule is Cc1ccc(F)c(Oc2ccc(N)c(C(N)=O)c2)c1. The van der Waals surface area contributed by atoms with Crippen molar-refractivity contribution in [1.82, 2.24) is 0 Å². The average molecular weight is 260 g/mol. The second-order valence-electron chi connectivity index (χ2n) is 4.15. The van der Waals surface area contributed by atoms with E-state index in [0.29, 0.717) is 5.75 Å². The van der Waals surface area contributed by atoms with Gasteiger partial charge < -0.3 is 16.2 Å². The van der Waals surface area contributed by atoms with Crippen LogP contribution in [0.4, 0.5) is 10.1 Å². The maximum atomic E-state index is 13.6. The van der Waals surface area contributed by atoms with Crippen molar-refractivity contribution in [2.75, 3.05) is 5.73 Å². The second kappa shape index (κ2) is 4.97. The van der Waals surface area contributed by atoms with Crippen LogP contribution in [0.3, 0.4) is 0 Å². The number of amides is 1. The van der Waals surface area contributed by atoms with Gasteiger partial charge in [0, 0.05) is 5.69 Å². The molecule has 0 atom stereocenters. The van der Waals surface area contributed by atoms with E-state index in [1.165, 1.54) is 18.2 Å². The van der Waals surface area contributed by atoms with Crippen LogP contribution in [0.5, 0.6) is 11.5 Å². The van der Waals surface area contributed by atoms with E-state index in [1.54, 1.807) is 18.2 Å². The van der Waals surface area contributed by atoms with E-state index < -0.39 is 11.7 Å². The van der Waals surface area contributed by atoms with E-state index in [9.17, 15) is 9.18 Å². The maximum absolute atomic E-state index is 13.6. The Morgan fingerprint density at radius 2 is 1.95 bits per heavy atom. The molecule has 2 aromatic rings. The summed E-state index contributed by atoms with van der Waals surface area (Å²) in [7, 11) is 0. The fourth-order valence-electron chi connectivity index (χ4n) is 1.63. The third kappa shape index (κ3) is 2.82. The molecule has 98 valence electrons. The quantitative estimate of drug-likeness (QED) is 0.832. The molecular formula is C14H13FN2O2. The molecule has 4 nitrogen and oxygen atoms in total. The monoisotopic (exact) mass is 260 g/mol. The molecular weight excluding hydrogens is 247 g/mol. The van der Waals surface area contributed by atoms with Crippen molar-refractivity contribution in [2.24, 2.45) is 5.73 Å². The molecule has 0 radical (unpaired) electrons. The van der Waals surface area contributed by atoms with Gasteiger partial charge in [-0.1, -0.05) is 6.07 Å². The molecule has 1 amide bonds. The molecule has 2 rings (SSSR count). The summed E-state index contributed by atoms with van der Waals surface area (Å²) in [5.41, 5.74) is 12.1. The predicted octanol–water partition coefficient (Wildman–Crippen LogP) is 2.61. The van der Waals surface area contributed by atoms with Crippen molar-refractivity contribution in [1.29, 1.82) is 0 Å². The number of primary amides is 1. The van der Waals surface area contributed by atoms with Crippen LogP contribution in [0.15, 0.2) is 36.4 Å². The van der Waals surface area contributed by atoms with Crippen molar-refractivity contribution in [3.63, 3.8) is 0 Å². The lowest BCUT2D eigenvalue weighted by atomic mass is 10.1. The number of aryl methyl sites for hydroxylation is 1. The highest BCUT2D eigenvalue weighted by Gasteiger charge is 2.10. The molecule has 5 heteroatoms. The lowest BCUT2D eigenvalue weighted by molar-refractivity contribution is 0.100. The number of halogens is 1. The van der Waals surface area contributed by atoms with E-state index in [0.717, 1.165) is 5.56 Å². The van der Waals surface area contributed by atoms with Gasteiger partial charge in [0.05, 0.1) is 5.56 Å². The zero-order valence-electron chi connectivity index (χ0n) is 10.3. The smallest absolute Gasteiger partial charge is 0.250 e. The normalized spacial score (nSPS) is 10.2. The molecule has 4 N–H and O–H groups in total. The number of nitrogen functional groups attached to an aromatic ring is 1. The third-order valence-corrected chi connectivity index (χ3v) is 2.60. The van der Waals surface area contributed by atoms with E-state index >= 15 is 0 Å². The Morgan fingerprint density at radius 3 is 2.63 bits per heavy atom. The van der Waals surface area contributed by atoms with Gasteiger partial charge in [0.15, 0.2) is 11.6 Å². The van der Waals surface area contributed by atoms with E-state index in [-0.39, 0.29) is 17.0 Å². The van der Waals surface area contributed by atoms with Crippen molar-refractivity contribution in [2.45, 2.75) is 6.92 Å². The highest BCUT2D eigenvalue weighted by atomic mass is 19.1. The van der Waals surface area contributed by atoms with E-state index in [2.05, 4.69) is 0 Å². The van der Waals surface area contributed by atoms with E-state index in [4.69, 9.17) is 16.2 Å². The number of carbonyl (C=O) groups excluding carboxylic acids is 1. The molecule has 0 saturated carbocycles. The Morgan fingerprint density at radius 1 is 1.21 bits per heavy atom. The zero-order valence-corrected chi connectivity index (χ0v) is 10.3. The van der Waals surface area contributed by atoms with Gasteiger partial charge in [0.1, 0.15) is 5.75 Å². The third-order valence-electron chi connectivity index (χ3n) is 2.60. The fourth-order valence-corrected chi connectivity index (χ4v) is 1.63. The van der Waals surface area contributed by atoms with E-state index in [1.807, 2.05) is 6.92 Å². The summed E-state index contributed by atoms with van der Waals surface area (Å²) in [5, 5.41) is 0. The largest absolute Gasteiger partial charge is 0.454 e. The summed E-state index contributed by atoms with van der Waals surface area (Å²) in [5.74, 6) is -0.761. The van der Waals surface area contributed by atoms with Crippen LogP contribution < -0.4 is 16.2 Å². The summed E-state index contributed by atoms with van der Waals surface area (Å²) in [6, 6.07) is 8.94. The van der Waals surface area contributed by atoms with Crippen LogP contribution in [-0.2, 0) is 0 Å². The van der Waals surface area contributed by atoms with Gasteiger partial charge in [-0.2, -0.15) is 0 Å². The zero-order chi connectivity index (χ0) is 14.0. The van der Waals surface area contributed by atoms with Crippen LogP contribution in [-0.4, -0.2) is 5.91 Å². The van der Waals surface area contributed by atoms with Crippen LogP contribution in [0.2, 0.25) is 0 Å². The molecule has 0 bridgehead atoms.